The molecule has 0 heterocycles. The Morgan fingerprint density at radius 3 is 2.48 bits per heavy atom. The summed E-state index contributed by atoms with van der Waals surface area (Å²) < 4.78 is 41.1. The van der Waals surface area contributed by atoms with Crippen molar-refractivity contribution in [2.24, 2.45) is 0 Å². The van der Waals surface area contributed by atoms with E-state index >= 15 is 0 Å². The van der Waals surface area contributed by atoms with Gasteiger partial charge in [0.25, 0.3) is 5.91 Å². The van der Waals surface area contributed by atoms with Crippen LogP contribution in [0, 0.1) is 11.6 Å². The summed E-state index contributed by atoms with van der Waals surface area (Å²) in [6.45, 7) is 0. The monoisotopic (exact) mass is 357 g/mol. The van der Waals surface area contributed by atoms with Gasteiger partial charge >= 0.3 is 0 Å². The average Bonchev–Trinajstić information content (AvgIpc) is 2.45. The van der Waals surface area contributed by atoms with E-state index in [0.29, 0.717) is 10.2 Å². The molecule has 0 aromatic heterocycles. The van der Waals surface area contributed by atoms with Gasteiger partial charge < -0.3 is 4.90 Å². The largest absolute Gasteiger partial charge is 0.312 e. The number of hydrogen-bond acceptors (Lipinski definition) is 1. The molecule has 0 aliphatic carbocycles. The minimum absolute atomic E-state index is 0.292. The van der Waals surface area contributed by atoms with Crippen molar-refractivity contribution >= 4 is 27.5 Å². The molecule has 0 fully saturated rings. The van der Waals surface area contributed by atoms with E-state index in [0.717, 1.165) is 23.1 Å². The highest BCUT2D eigenvalue weighted by Gasteiger charge is 2.27. The van der Waals surface area contributed by atoms with Crippen molar-refractivity contribution in [2.75, 3.05) is 11.9 Å². The predicted octanol–water partition coefficient (Wildman–Crippen LogP) is 4.40. The van der Waals surface area contributed by atoms with E-state index in [2.05, 4.69) is 15.9 Å². The van der Waals surface area contributed by atoms with Crippen molar-refractivity contribution in [3.05, 3.63) is 64.1 Å². The third-order valence-electron chi connectivity index (χ3n) is 3.00. The fourth-order valence-electron chi connectivity index (χ4n) is 1.86. The molecule has 0 saturated heterocycles. The number of hydrogen-bond donors (Lipinski definition) is 0. The minimum Gasteiger partial charge on any atom is -0.312 e. The van der Waals surface area contributed by atoms with E-state index in [1.807, 2.05) is 0 Å². The molecule has 1 amide bonds. The maximum atomic E-state index is 14.2. The van der Waals surface area contributed by atoms with Gasteiger partial charge in [-0.1, -0.05) is 18.2 Å². The van der Waals surface area contributed by atoms with Crippen LogP contribution in [0.5, 0.6) is 0 Å². The van der Waals surface area contributed by atoms with Crippen LogP contribution < -0.4 is 4.90 Å². The standard InChI is InChI=1S/C15H11BrF3NO/c1-20(13-7-6-9(17)8-11(13)16)15(21)14(19)10-4-2-3-5-12(10)18/h2-8,14H,1H3. The fourth-order valence-corrected chi connectivity index (χ4v) is 2.47. The summed E-state index contributed by atoms with van der Waals surface area (Å²) >= 11 is 3.11. The molecule has 1 unspecified atom stereocenters. The first-order valence-electron chi connectivity index (χ1n) is 6.03. The maximum absolute atomic E-state index is 14.2. The first-order chi connectivity index (χ1) is 9.91. The molecule has 0 N–H and O–H groups in total. The summed E-state index contributed by atoms with van der Waals surface area (Å²) in [5.41, 5.74) is -0.0343. The number of carbonyl (C=O) groups excluding carboxylic acids is 1. The van der Waals surface area contributed by atoms with Gasteiger partial charge in [0.05, 0.1) is 5.69 Å². The Kier molecular flexibility index (Phi) is 4.67. The quantitative estimate of drug-likeness (QED) is 0.797. The van der Waals surface area contributed by atoms with Crippen molar-refractivity contribution in [1.82, 2.24) is 0 Å². The highest BCUT2D eigenvalue weighted by Crippen LogP contribution is 2.30. The number of carbonyl (C=O) groups is 1. The second-order valence-corrected chi connectivity index (χ2v) is 5.23. The van der Waals surface area contributed by atoms with Crippen LogP contribution in [0.1, 0.15) is 11.7 Å². The summed E-state index contributed by atoms with van der Waals surface area (Å²) in [5, 5.41) is 0. The second kappa shape index (κ2) is 6.30. The second-order valence-electron chi connectivity index (χ2n) is 4.38. The normalized spacial score (nSPS) is 12.0. The van der Waals surface area contributed by atoms with Gasteiger partial charge in [-0.15, -0.1) is 0 Å². The lowest BCUT2D eigenvalue weighted by Crippen LogP contribution is -2.30. The lowest BCUT2D eigenvalue weighted by Gasteiger charge is -2.21. The number of halogens is 4. The predicted molar refractivity (Wildman–Crippen MR) is 77.8 cm³/mol. The minimum atomic E-state index is -2.13. The number of rotatable bonds is 3. The zero-order chi connectivity index (χ0) is 15.6. The van der Waals surface area contributed by atoms with Gasteiger partial charge in [-0.05, 0) is 40.2 Å². The molecule has 0 spiro atoms. The van der Waals surface area contributed by atoms with E-state index in [-0.39, 0.29) is 5.56 Å². The molecule has 6 heteroatoms. The Morgan fingerprint density at radius 2 is 1.86 bits per heavy atom. The summed E-state index contributed by atoms with van der Waals surface area (Å²) in [7, 11) is 1.34. The number of amides is 1. The smallest absolute Gasteiger partial charge is 0.266 e. The first-order valence-corrected chi connectivity index (χ1v) is 6.82. The topological polar surface area (TPSA) is 20.3 Å². The third kappa shape index (κ3) is 3.26. The summed E-state index contributed by atoms with van der Waals surface area (Å²) in [6, 6.07) is 8.82. The van der Waals surface area contributed by atoms with Crippen LogP contribution in [0.25, 0.3) is 0 Å². The molecular formula is C15H11BrF3NO. The number of anilines is 1. The van der Waals surface area contributed by atoms with Gasteiger partial charge in [0.2, 0.25) is 6.17 Å². The molecule has 1 atom stereocenters. The van der Waals surface area contributed by atoms with Crippen LogP contribution in [0.2, 0.25) is 0 Å². The van der Waals surface area contributed by atoms with Crippen molar-refractivity contribution < 1.29 is 18.0 Å². The Hall–Kier alpha value is -1.82. The molecule has 2 aromatic rings. The third-order valence-corrected chi connectivity index (χ3v) is 3.63. The first kappa shape index (κ1) is 15.6. The van der Waals surface area contributed by atoms with Crippen molar-refractivity contribution in [3.63, 3.8) is 0 Å². The van der Waals surface area contributed by atoms with E-state index in [1.165, 1.54) is 31.3 Å². The van der Waals surface area contributed by atoms with Crippen LogP contribution in [-0.2, 0) is 4.79 Å². The fraction of sp³-hybridized carbons (Fsp3) is 0.133. The molecule has 110 valence electrons. The van der Waals surface area contributed by atoms with E-state index in [1.54, 1.807) is 0 Å². The average molecular weight is 358 g/mol. The molecular weight excluding hydrogens is 347 g/mol. The zero-order valence-electron chi connectivity index (χ0n) is 11.0. The molecule has 0 aliphatic rings. The summed E-state index contributed by atoms with van der Waals surface area (Å²) in [5.74, 6) is -2.21. The van der Waals surface area contributed by atoms with Gasteiger partial charge in [-0.2, -0.15) is 0 Å². The highest BCUT2D eigenvalue weighted by atomic mass is 79.9. The highest BCUT2D eigenvalue weighted by molar-refractivity contribution is 9.10. The molecule has 2 nitrogen and oxygen atoms in total. The number of nitrogens with zero attached hydrogens (tertiary/aromatic N) is 1. The molecule has 2 aromatic carbocycles. The Labute approximate surface area is 128 Å². The Bertz CT molecular complexity index is 678. The number of alkyl halides is 1. The van der Waals surface area contributed by atoms with Crippen LogP contribution in [-0.4, -0.2) is 13.0 Å². The molecule has 21 heavy (non-hydrogen) atoms. The lowest BCUT2D eigenvalue weighted by atomic mass is 10.1. The van der Waals surface area contributed by atoms with Gasteiger partial charge in [0.1, 0.15) is 11.6 Å². The van der Waals surface area contributed by atoms with Crippen LogP contribution in [0.4, 0.5) is 18.9 Å². The maximum Gasteiger partial charge on any atom is 0.266 e. The molecule has 0 aliphatic heterocycles. The summed E-state index contributed by atoms with van der Waals surface area (Å²) in [6.07, 6.45) is -2.13. The molecule has 0 radical (unpaired) electrons. The van der Waals surface area contributed by atoms with Gasteiger partial charge in [0, 0.05) is 17.1 Å². The van der Waals surface area contributed by atoms with Crippen molar-refractivity contribution in [2.45, 2.75) is 6.17 Å². The van der Waals surface area contributed by atoms with Crippen LogP contribution in [0.15, 0.2) is 46.9 Å². The Morgan fingerprint density at radius 1 is 1.19 bits per heavy atom. The van der Waals surface area contributed by atoms with Crippen LogP contribution in [0.3, 0.4) is 0 Å². The Balaban J connectivity index is 2.29. The van der Waals surface area contributed by atoms with Gasteiger partial charge in [-0.3, -0.25) is 4.79 Å². The van der Waals surface area contributed by atoms with E-state index in [9.17, 15) is 18.0 Å². The number of likely N-dealkylation sites (N-methyl/N-ethyl adjacent to an activating group) is 1. The van der Waals surface area contributed by atoms with Crippen molar-refractivity contribution in [1.29, 1.82) is 0 Å². The van der Waals surface area contributed by atoms with E-state index < -0.39 is 23.7 Å². The van der Waals surface area contributed by atoms with E-state index in [4.69, 9.17) is 0 Å². The molecule has 0 bridgehead atoms. The number of benzene rings is 2. The SMILES string of the molecule is CN(C(=O)C(F)c1ccccc1F)c1ccc(F)cc1Br. The van der Waals surface area contributed by atoms with Gasteiger partial charge in [-0.25, -0.2) is 13.2 Å². The molecule has 2 rings (SSSR count). The van der Waals surface area contributed by atoms with Crippen molar-refractivity contribution in [3.8, 4) is 0 Å². The van der Waals surface area contributed by atoms with Crippen LogP contribution >= 0.6 is 15.9 Å². The van der Waals surface area contributed by atoms with Gasteiger partial charge in [0.15, 0.2) is 0 Å². The zero-order valence-corrected chi connectivity index (χ0v) is 12.6. The summed E-state index contributed by atoms with van der Waals surface area (Å²) in [4.78, 5) is 13.1. The molecule has 0 saturated carbocycles. The lowest BCUT2D eigenvalue weighted by molar-refractivity contribution is -0.123.